The molecular formula is C19H26BFN2O. The molecule has 0 aliphatic carbocycles. The van der Waals surface area contributed by atoms with Crippen LogP contribution in [0.1, 0.15) is 18.1 Å². The summed E-state index contributed by atoms with van der Waals surface area (Å²) in [5.41, 5.74) is 9.25. The van der Waals surface area contributed by atoms with Gasteiger partial charge in [-0.05, 0) is 41.5 Å². The van der Waals surface area contributed by atoms with Crippen molar-refractivity contribution in [2.45, 2.75) is 20.3 Å². The number of hydrogen-bond donors (Lipinski definition) is 2. The molecule has 2 rings (SSSR count). The Balaban J connectivity index is 2.17. The minimum atomic E-state index is -0.273. The van der Waals surface area contributed by atoms with Gasteiger partial charge in [0.1, 0.15) is 5.82 Å². The minimum Gasteiger partial charge on any atom is -0.426 e. The molecule has 0 aliphatic rings. The number of hydrogen-bond acceptors (Lipinski definition) is 3. The van der Waals surface area contributed by atoms with E-state index in [0.29, 0.717) is 18.7 Å². The van der Waals surface area contributed by atoms with Crippen molar-refractivity contribution < 1.29 is 9.04 Å². The van der Waals surface area contributed by atoms with E-state index < -0.39 is 0 Å². The van der Waals surface area contributed by atoms with Gasteiger partial charge in [0.05, 0.1) is 0 Å². The topological polar surface area (TPSA) is 47.3 Å². The van der Waals surface area contributed by atoms with Crippen molar-refractivity contribution in [3.05, 3.63) is 59.4 Å². The first-order valence-corrected chi connectivity index (χ1v) is 8.53. The Labute approximate surface area is 144 Å². The molecule has 0 bridgehead atoms. The van der Waals surface area contributed by atoms with E-state index >= 15 is 0 Å². The van der Waals surface area contributed by atoms with E-state index in [-0.39, 0.29) is 12.7 Å². The van der Waals surface area contributed by atoms with Gasteiger partial charge in [0, 0.05) is 26.2 Å². The SMILES string of the molecule is CCc1ccc(B(OCCNCCN)c2ccc(C)c(F)c2)cc1. The predicted octanol–water partition coefficient (Wildman–Crippen LogP) is 1.37. The summed E-state index contributed by atoms with van der Waals surface area (Å²) in [6.07, 6.45) is 0.994. The number of aryl methyl sites for hydroxylation is 2. The van der Waals surface area contributed by atoms with Gasteiger partial charge in [-0.25, -0.2) is 4.39 Å². The lowest BCUT2D eigenvalue weighted by atomic mass is 9.55. The second kappa shape index (κ2) is 9.57. The molecule has 0 heterocycles. The Morgan fingerprint density at radius 1 is 1.08 bits per heavy atom. The molecular weight excluding hydrogens is 302 g/mol. The molecule has 2 aromatic carbocycles. The molecule has 0 radical (unpaired) electrons. The number of rotatable bonds is 9. The third-order valence-corrected chi connectivity index (χ3v) is 4.07. The standard InChI is InChI=1S/C19H26BFN2O/c1-3-16-5-8-17(9-6-16)20(24-13-12-23-11-10-22)18-7-4-15(2)19(21)14-18/h4-9,14,23H,3,10-13,22H2,1-2H3. The van der Waals surface area contributed by atoms with Crippen molar-refractivity contribution in [3.63, 3.8) is 0 Å². The van der Waals surface area contributed by atoms with Gasteiger partial charge in [-0.2, -0.15) is 0 Å². The van der Waals surface area contributed by atoms with E-state index in [1.807, 2.05) is 6.07 Å². The van der Waals surface area contributed by atoms with Crippen LogP contribution in [0.15, 0.2) is 42.5 Å². The summed E-state index contributed by atoms with van der Waals surface area (Å²) in [6, 6.07) is 13.6. The van der Waals surface area contributed by atoms with Crippen molar-refractivity contribution in [2.75, 3.05) is 26.2 Å². The van der Waals surface area contributed by atoms with Crippen molar-refractivity contribution >= 4 is 17.8 Å². The maximum atomic E-state index is 14.0. The predicted molar refractivity (Wildman–Crippen MR) is 99.9 cm³/mol. The summed E-state index contributed by atoms with van der Waals surface area (Å²) in [5, 5.41) is 3.21. The zero-order valence-electron chi connectivity index (χ0n) is 14.5. The molecule has 0 unspecified atom stereocenters. The summed E-state index contributed by atoms with van der Waals surface area (Å²) in [7, 11) is 0. The molecule has 0 aromatic heterocycles. The molecule has 24 heavy (non-hydrogen) atoms. The van der Waals surface area contributed by atoms with E-state index in [0.717, 1.165) is 30.4 Å². The smallest absolute Gasteiger partial charge is 0.361 e. The third-order valence-electron chi connectivity index (χ3n) is 4.07. The van der Waals surface area contributed by atoms with Gasteiger partial charge in [0.2, 0.25) is 0 Å². The van der Waals surface area contributed by atoms with E-state index in [9.17, 15) is 4.39 Å². The van der Waals surface area contributed by atoms with Gasteiger partial charge in [-0.1, -0.05) is 43.3 Å². The van der Waals surface area contributed by atoms with Crippen LogP contribution in [0.3, 0.4) is 0 Å². The summed E-state index contributed by atoms with van der Waals surface area (Å²) in [4.78, 5) is 0. The quantitative estimate of drug-likeness (QED) is 0.540. The fraction of sp³-hybridized carbons (Fsp3) is 0.368. The fourth-order valence-corrected chi connectivity index (χ4v) is 2.56. The van der Waals surface area contributed by atoms with Crippen LogP contribution >= 0.6 is 0 Å². The van der Waals surface area contributed by atoms with Crippen LogP contribution in [0.2, 0.25) is 0 Å². The Morgan fingerprint density at radius 3 is 2.42 bits per heavy atom. The lowest BCUT2D eigenvalue weighted by Crippen LogP contribution is -2.46. The average Bonchev–Trinajstić information content (AvgIpc) is 2.61. The monoisotopic (exact) mass is 328 g/mol. The summed E-state index contributed by atoms with van der Waals surface area (Å²) >= 11 is 0. The summed E-state index contributed by atoms with van der Waals surface area (Å²) < 4.78 is 20.0. The second-order valence-corrected chi connectivity index (χ2v) is 5.89. The van der Waals surface area contributed by atoms with Crippen LogP contribution in [-0.4, -0.2) is 33.2 Å². The highest BCUT2D eigenvalue weighted by atomic mass is 19.1. The Bertz CT molecular complexity index is 634. The van der Waals surface area contributed by atoms with E-state index in [2.05, 4.69) is 36.5 Å². The molecule has 128 valence electrons. The number of halogens is 1. The fourth-order valence-electron chi connectivity index (χ4n) is 2.56. The van der Waals surface area contributed by atoms with Crippen LogP contribution < -0.4 is 22.0 Å². The van der Waals surface area contributed by atoms with E-state index in [1.54, 1.807) is 19.1 Å². The molecule has 0 fully saturated rings. The highest BCUT2D eigenvalue weighted by molar-refractivity contribution is 6.80. The first kappa shape index (κ1) is 18.7. The molecule has 3 nitrogen and oxygen atoms in total. The summed E-state index contributed by atoms with van der Waals surface area (Å²) in [6.45, 7) is 6.24. The lowest BCUT2D eigenvalue weighted by Gasteiger charge is -2.17. The van der Waals surface area contributed by atoms with Gasteiger partial charge in [0.15, 0.2) is 0 Å². The molecule has 0 saturated carbocycles. The van der Waals surface area contributed by atoms with Crippen LogP contribution in [0.4, 0.5) is 4.39 Å². The van der Waals surface area contributed by atoms with Crippen LogP contribution in [0, 0.1) is 12.7 Å². The maximum Gasteiger partial charge on any atom is 0.361 e. The Hall–Kier alpha value is -1.69. The molecule has 3 N–H and O–H groups in total. The first-order chi connectivity index (χ1) is 11.7. The Kier molecular flexibility index (Phi) is 7.44. The zero-order valence-corrected chi connectivity index (χ0v) is 14.5. The molecule has 0 spiro atoms. The van der Waals surface area contributed by atoms with Gasteiger partial charge < -0.3 is 15.7 Å². The first-order valence-electron chi connectivity index (χ1n) is 8.53. The van der Waals surface area contributed by atoms with Gasteiger partial charge >= 0.3 is 6.92 Å². The average molecular weight is 328 g/mol. The number of nitrogens with one attached hydrogen (secondary N) is 1. The molecule has 0 saturated heterocycles. The van der Waals surface area contributed by atoms with Crippen molar-refractivity contribution in [3.8, 4) is 0 Å². The molecule has 0 aliphatic heterocycles. The molecule has 2 aromatic rings. The normalized spacial score (nSPS) is 10.8. The van der Waals surface area contributed by atoms with Crippen molar-refractivity contribution in [2.24, 2.45) is 5.73 Å². The molecule has 5 heteroatoms. The molecule has 0 amide bonds. The Morgan fingerprint density at radius 2 is 1.79 bits per heavy atom. The maximum absolute atomic E-state index is 14.0. The van der Waals surface area contributed by atoms with Gasteiger partial charge in [0.25, 0.3) is 0 Å². The van der Waals surface area contributed by atoms with E-state index in [4.69, 9.17) is 10.4 Å². The number of nitrogens with two attached hydrogens (primary N) is 1. The summed E-state index contributed by atoms with van der Waals surface area (Å²) in [5.74, 6) is -0.201. The van der Waals surface area contributed by atoms with Crippen LogP contribution in [0.25, 0.3) is 0 Å². The minimum absolute atomic E-state index is 0.201. The largest absolute Gasteiger partial charge is 0.426 e. The van der Waals surface area contributed by atoms with Crippen LogP contribution in [-0.2, 0) is 11.1 Å². The lowest BCUT2D eigenvalue weighted by molar-refractivity contribution is 0.329. The third kappa shape index (κ3) is 5.16. The number of benzene rings is 2. The van der Waals surface area contributed by atoms with Crippen molar-refractivity contribution in [1.29, 1.82) is 0 Å². The molecule has 0 atom stereocenters. The second-order valence-electron chi connectivity index (χ2n) is 5.89. The van der Waals surface area contributed by atoms with Gasteiger partial charge in [-0.15, -0.1) is 0 Å². The highest BCUT2D eigenvalue weighted by Crippen LogP contribution is 2.05. The zero-order chi connectivity index (χ0) is 17.4. The highest BCUT2D eigenvalue weighted by Gasteiger charge is 2.22. The van der Waals surface area contributed by atoms with Gasteiger partial charge in [-0.3, -0.25) is 0 Å². The van der Waals surface area contributed by atoms with Crippen LogP contribution in [0.5, 0.6) is 0 Å². The van der Waals surface area contributed by atoms with Crippen molar-refractivity contribution in [1.82, 2.24) is 5.32 Å². The van der Waals surface area contributed by atoms with E-state index in [1.165, 1.54) is 5.56 Å².